The average Bonchev–Trinajstić information content (AvgIpc) is 2.64. The van der Waals surface area contributed by atoms with Crippen LogP contribution in [-0.2, 0) is 11.3 Å². The molecule has 0 aromatic heterocycles. The predicted octanol–water partition coefficient (Wildman–Crippen LogP) is 2.03. The molecule has 19 heavy (non-hydrogen) atoms. The van der Waals surface area contributed by atoms with Crippen LogP contribution in [0.3, 0.4) is 0 Å². The van der Waals surface area contributed by atoms with E-state index in [0.29, 0.717) is 0 Å². The quantitative estimate of drug-likeness (QED) is 0.880. The van der Waals surface area contributed by atoms with Gasteiger partial charge in [0.15, 0.2) is 0 Å². The van der Waals surface area contributed by atoms with Crippen molar-refractivity contribution in [3.8, 4) is 0 Å². The topological polar surface area (TPSA) is 24.5 Å². The minimum Gasteiger partial charge on any atom is -0.372 e. The van der Waals surface area contributed by atoms with E-state index in [4.69, 9.17) is 4.74 Å². The smallest absolute Gasteiger partial charge is 0.0819 e. The summed E-state index contributed by atoms with van der Waals surface area (Å²) in [5.74, 6) is 0. The third-order valence-corrected chi connectivity index (χ3v) is 4.37. The van der Waals surface area contributed by atoms with Gasteiger partial charge in [-0.2, -0.15) is 0 Å². The minimum absolute atomic E-state index is 0.115. The van der Waals surface area contributed by atoms with Crippen LogP contribution in [0, 0.1) is 0 Å². The fourth-order valence-electron chi connectivity index (χ4n) is 3.25. The summed E-state index contributed by atoms with van der Waals surface area (Å²) >= 11 is 0. The second kappa shape index (κ2) is 6.04. The van der Waals surface area contributed by atoms with E-state index in [1.165, 1.54) is 24.9 Å². The van der Waals surface area contributed by atoms with Crippen LogP contribution in [0.25, 0.3) is 0 Å². The van der Waals surface area contributed by atoms with Crippen molar-refractivity contribution in [2.24, 2.45) is 0 Å². The first-order valence-electron chi connectivity index (χ1n) is 7.47. The number of morpholine rings is 1. The van der Waals surface area contributed by atoms with Gasteiger partial charge in [-0.15, -0.1) is 0 Å². The van der Waals surface area contributed by atoms with Gasteiger partial charge in [0, 0.05) is 26.2 Å². The van der Waals surface area contributed by atoms with Crippen LogP contribution >= 0.6 is 0 Å². The van der Waals surface area contributed by atoms with Crippen molar-refractivity contribution in [2.75, 3.05) is 32.8 Å². The monoisotopic (exact) mass is 260 g/mol. The van der Waals surface area contributed by atoms with Crippen LogP contribution in [0.5, 0.6) is 0 Å². The van der Waals surface area contributed by atoms with E-state index in [1.54, 1.807) is 0 Å². The molecule has 2 aliphatic heterocycles. The number of hydrogen-bond donors (Lipinski definition) is 1. The Balaban J connectivity index is 1.58. The van der Waals surface area contributed by atoms with Gasteiger partial charge in [-0.1, -0.05) is 30.3 Å². The Hall–Kier alpha value is -0.900. The summed E-state index contributed by atoms with van der Waals surface area (Å²) in [6, 6.07) is 10.8. The van der Waals surface area contributed by atoms with Crippen molar-refractivity contribution in [1.82, 2.24) is 10.2 Å². The molecular formula is C16H24N2O. The van der Waals surface area contributed by atoms with Gasteiger partial charge >= 0.3 is 0 Å². The van der Waals surface area contributed by atoms with Gasteiger partial charge in [0.25, 0.3) is 0 Å². The molecule has 3 nitrogen and oxygen atoms in total. The van der Waals surface area contributed by atoms with Gasteiger partial charge in [-0.25, -0.2) is 0 Å². The Labute approximate surface area is 115 Å². The predicted molar refractivity (Wildman–Crippen MR) is 77.1 cm³/mol. The molecule has 3 heteroatoms. The third-order valence-electron chi connectivity index (χ3n) is 4.37. The van der Waals surface area contributed by atoms with Gasteiger partial charge in [0.1, 0.15) is 0 Å². The molecule has 1 aromatic carbocycles. The third kappa shape index (κ3) is 3.35. The summed E-state index contributed by atoms with van der Waals surface area (Å²) < 4.78 is 6.10. The Morgan fingerprint density at radius 3 is 2.84 bits per heavy atom. The Kier molecular flexibility index (Phi) is 4.16. The molecule has 3 rings (SSSR count). The lowest BCUT2D eigenvalue weighted by Gasteiger charge is -2.37. The summed E-state index contributed by atoms with van der Waals surface area (Å²) in [6.07, 6.45) is 3.60. The Bertz CT molecular complexity index is 387. The highest BCUT2D eigenvalue weighted by Crippen LogP contribution is 2.28. The van der Waals surface area contributed by atoms with Crippen molar-refractivity contribution in [2.45, 2.75) is 31.4 Å². The van der Waals surface area contributed by atoms with E-state index >= 15 is 0 Å². The number of rotatable bonds is 2. The van der Waals surface area contributed by atoms with Gasteiger partial charge in [0.05, 0.1) is 12.2 Å². The highest BCUT2D eigenvalue weighted by molar-refractivity contribution is 5.14. The molecule has 1 spiro atoms. The standard InChI is InChI=1S/C16H24N2O/c1-2-5-15(6-3-1)13-18-10-4-7-16(8-11-18)14-17-9-12-19-16/h1-3,5-6,17H,4,7-14H2. The first-order valence-corrected chi connectivity index (χ1v) is 7.47. The molecule has 1 atom stereocenters. The zero-order valence-electron chi connectivity index (χ0n) is 11.6. The number of nitrogens with one attached hydrogen (secondary N) is 1. The maximum atomic E-state index is 6.10. The summed E-state index contributed by atoms with van der Waals surface area (Å²) in [5, 5.41) is 3.49. The van der Waals surface area contributed by atoms with E-state index in [2.05, 4.69) is 40.5 Å². The van der Waals surface area contributed by atoms with Crippen molar-refractivity contribution in [3.05, 3.63) is 35.9 Å². The maximum absolute atomic E-state index is 6.10. The maximum Gasteiger partial charge on any atom is 0.0819 e. The Morgan fingerprint density at radius 2 is 2.05 bits per heavy atom. The molecule has 0 saturated carbocycles. The fraction of sp³-hybridized carbons (Fsp3) is 0.625. The van der Waals surface area contributed by atoms with Crippen molar-refractivity contribution in [3.63, 3.8) is 0 Å². The molecule has 2 saturated heterocycles. The van der Waals surface area contributed by atoms with Crippen LogP contribution in [-0.4, -0.2) is 43.3 Å². The number of ether oxygens (including phenoxy) is 1. The summed E-state index contributed by atoms with van der Waals surface area (Å²) in [6.45, 7) is 6.33. The average molecular weight is 260 g/mol. The zero-order valence-corrected chi connectivity index (χ0v) is 11.6. The van der Waals surface area contributed by atoms with E-state index in [0.717, 1.165) is 39.2 Å². The fourth-order valence-corrected chi connectivity index (χ4v) is 3.25. The van der Waals surface area contributed by atoms with E-state index in [-0.39, 0.29) is 5.60 Å². The summed E-state index contributed by atoms with van der Waals surface area (Å²) in [4.78, 5) is 2.57. The van der Waals surface area contributed by atoms with Crippen LogP contribution < -0.4 is 5.32 Å². The zero-order chi connectivity index (χ0) is 13.0. The molecule has 0 amide bonds. The largest absolute Gasteiger partial charge is 0.372 e. The highest BCUT2D eigenvalue weighted by atomic mass is 16.5. The van der Waals surface area contributed by atoms with Gasteiger partial charge in [-0.05, 0) is 31.4 Å². The lowest BCUT2D eigenvalue weighted by atomic mass is 9.93. The molecule has 0 aliphatic carbocycles. The second-order valence-corrected chi connectivity index (χ2v) is 5.82. The highest BCUT2D eigenvalue weighted by Gasteiger charge is 2.34. The number of likely N-dealkylation sites (tertiary alicyclic amines) is 1. The molecule has 0 radical (unpaired) electrons. The van der Waals surface area contributed by atoms with E-state index in [1.807, 2.05) is 0 Å². The van der Waals surface area contributed by atoms with Crippen molar-refractivity contribution < 1.29 is 4.74 Å². The minimum atomic E-state index is 0.115. The molecule has 2 heterocycles. The van der Waals surface area contributed by atoms with Crippen LogP contribution in [0.4, 0.5) is 0 Å². The number of benzene rings is 1. The summed E-state index contributed by atoms with van der Waals surface area (Å²) in [5.41, 5.74) is 1.53. The Morgan fingerprint density at radius 1 is 1.16 bits per heavy atom. The van der Waals surface area contributed by atoms with Crippen molar-refractivity contribution >= 4 is 0 Å². The number of nitrogens with zero attached hydrogens (tertiary/aromatic N) is 1. The normalized spacial score (nSPS) is 29.3. The summed E-state index contributed by atoms with van der Waals surface area (Å²) in [7, 11) is 0. The van der Waals surface area contributed by atoms with Gasteiger partial charge < -0.3 is 10.1 Å². The molecule has 1 unspecified atom stereocenters. The molecule has 2 fully saturated rings. The van der Waals surface area contributed by atoms with Crippen LogP contribution in [0.2, 0.25) is 0 Å². The molecule has 1 N–H and O–H groups in total. The number of hydrogen-bond acceptors (Lipinski definition) is 3. The van der Waals surface area contributed by atoms with E-state index < -0.39 is 0 Å². The van der Waals surface area contributed by atoms with Crippen molar-refractivity contribution in [1.29, 1.82) is 0 Å². The van der Waals surface area contributed by atoms with Gasteiger partial charge in [-0.3, -0.25) is 4.90 Å². The first-order chi connectivity index (χ1) is 9.36. The second-order valence-electron chi connectivity index (χ2n) is 5.82. The van der Waals surface area contributed by atoms with Crippen LogP contribution in [0.1, 0.15) is 24.8 Å². The van der Waals surface area contributed by atoms with Gasteiger partial charge in [0.2, 0.25) is 0 Å². The molecule has 1 aromatic rings. The SMILES string of the molecule is c1ccc(CN2CCCC3(CC2)CNCCO3)cc1. The lowest BCUT2D eigenvalue weighted by Crippen LogP contribution is -2.50. The first kappa shape index (κ1) is 13.1. The molecule has 104 valence electrons. The lowest BCUT2D eigenvalue weighted by molar-refractivity contribution is -0.0743. The van der Waals surface area contributed by atoms with E-state index in [9.17, 15) is 0 Å². The van der Waals surface area contributed by atoms with Crippen LogP contribution in [0.15, 0.2) is 30.3 Å². The molecular weight excluding hydrogens is 236 g/mol. The molecule has 0 bridgehead atoms. The molecule has 2 aliphatic rings.